The van der Waals surface area contributed by atoms with Gasteiger partial charge in [-0.15, -0.1) is 0 Å². The van der Waals surface area contributed by atoms with Crippen LogP contribution in [-0.2, 0) is 16.8 Å². The van der Waals surface area contributed by atoms with Crippen LogP contribution in [-0.4, -0.2) is 42.9 Å². The van der Waals surface area contributed by atoms with Gasteiger partial charge in [-0.3, -0.25) is 0 Å². The van der Waals surface area contributed by atoms with Crippen molar-refractivity contribution in [1.82, 2.24) is 9.97 Å². The molecule has 3 aromatic rings. The SMILES string of the molecule is CCCCOc1ccc(C(C)(C)c2ccc(OCc3ccnc(N4CCOCC4)n3)cc2)cc1. The molecule has 0 saturated carbocycles. The Bertz CT molecular complexity index is 1030. The summed E-state index contributed by atoms with van der Waals surface area (Å²) in [6, 6.07) is 18.7. The molecule has 2 heterocycles. The van der Waals surface area contributed by atoms with Crippen LogP contribution >= 0.6 is 0 Å². The second-order valence-electron chi connectivity index (χ2n) is 9.11. The molecule has 0 bridgehead atoms. The standard InChI is InChI=1S/C28H35N3O3/c1-4-5-18-33-25-10-6-22(7-11-25)28(2,3)23-8-12-26(13-9-23)34-21-24-14-15-29-27(30-24)31-16-19-32-20-17-31/h6-15H,4-5,16-21H2,1-3H3. The number of nitrogens with zero attached hydrogens (tertiary/aromatic N) is 3. The van der Waals surface area contributed by atoms with Crippen molar-refractivity contribution in [3.8, 4) is 11.5 Å². The van der Waals surface area contributed by atoms with Crippen LogP contribution < -0.4 is 14.4 Å². The first-order valence-electron chi connectivity index (χ1n) is 12.2. The largest absolute Gasteiger partial charge is 0.494 e. The molecule has 1 aliphatic heterocycles. The van der Waals surface area contributed by atoms with Gasteiger partial charge < -0.3 is 19.1 Å². The maximum absolute atomic E-state index is 6.02. The molecule has 6 nitrogen and oxygen atoms in total. The van der Waals surface area contributed by atoms with E-state index in [-0.39, 0.29) is 5.41 Å². The van der Waals surface area contributed by atoms with Gasteiger partial charge in [0.05, 0.1) is 25.5 Å². The Morgan fingerprint density at radius 3 is 2.12 bits per heavy atom. The number of rotatable bonds is 10. The molecule has 0 atom stereocenters. The van der Waals surface area contributed by atoms with Crippen LogP contribution in [0.5, 0.6) is 11.5 Å². The fraction of sp³-hybridized carbons (Fsp3) is 0.429. The van der Waals surface area contributed by atoms with E-state index in [1.807, 2.05) is 18.2 Å². The molecule has 0 aliphatic carbocycles. The van der Waals surface area contributed by atoms with Gasteiger partial charge in [0.25, 0.3) is 0 Å². The average molecular weight is 462 g/mol. The van der Waals surface area contributed by atoms with E-state index in [4.69, 9.17) is 14.2 Å². The third kappa shape index (κ3) is 6.06. The zero-order valence-corrected chi connectivity index (χ0v) is 20.5. The molecule has 4 rings (SSSR count). The number of hydrogen-bond acceptors (Lipinski definition) is 6. The zero-order chi connectivity index (χ0) is 23.8. The smallest absolute Gasteiger partial charge is 0.225 e. The Hall–Kier alpha value is -3.12. The summed E-state index contributed by atoms with van der Waals surface area (Å²) < 4.78 is 17.2. The van der Waals surface area contributed by atoms with E-state index < -0.39 is 0 Å². The van der Waals surface area contributed by atoms with E-state index in [9.17, 15) is 0 Å². The van der Waals surface area contributed by atoms with E-state index in [0.29, 0.717) is 19.8 Å². The maximum atomic E-state index is 6.02. The Morgan fingerprint density at radius 2 is 1.50 bits per heavy atom. The summed E-state index contributed by atoms with van der Waals surface area (Å²) in [7, 11) is 0. The van der Waals surface area contributed by atoms with Gasteiger partial charge in [-0.05, 0) is 47.9 Å². The second kappa shape index (κ2) is 11.3. The molecule has 1 saturated heterocycles. The fourth-order valence-electron chi connectivity index (χ4n) is 3.97. The van der Waals surface area contributed by atoms with E-state index in [2.05, 4.69) is 72.0 Å². The molecule has 34 heavy (non-hydrogen) atoms. The summed E-state index contributed by atoms with van der Waals surface area (Å²) in [5, 5.41) is 0. The molecule has 1 aliphatic rings. The van der Waals surface area contributed by atoms with Crippen LogP contribution in [0.2, 0.25) is 0 Å². The van der Waals surface area contributed by atoms with Crippen molar-refractivity contribution in [2.75, 3.05) is 37.8 Å². The maximum Gasteiger partial charge on any atom is 0.225 e. The van der Waals surface area contributed by atoms with Crippen molar-refractivity contribution in [2.45, 2.75) is 45.6 Å². The van der Waals surface area contributed by atoms with Gasteiger partial charge in [0.2, 0.25) is 5.95 Å². The molecule has 1 fully saturated rings. The molecule has 180 valence electrons. The minimum absolute atomic E-state index is 0.125. The van der Waals surface area contributed by atoms with Gasteiger partial charge >= 0.3 is 0 Å². The number of unbranched alkanes of at least 4 members (excludes halogenated alkanes) is 1. The molecule has 2 aromatic carbocycles. The quantitative estimate of drug-likeness (QED) is 0.377. The van der Waals surface area contributed by atoms with Crippen molar-refractivity contribution in [3.63, 3.8) is 0 Å². The van der Waals surface area contributed by atoms with Crippen molar-refractivity contribution < 1.29 is 14.2 Å². The zero-order valence-electron chi connectivity index (χ0n) is 20.5. The highest BCUT2D eigenvalue weighted by Gasteiger charge is 2.23. The van der Waals surface area contributed by atoms with Crippen LogP contribution in [0.25, 0.3) is 0 Å². The summed E-state index contributed by atoms with van der Waals surface area (Å²) in [5.41, 5.74) is 3.22. The Morgan fingerprint density at radius 1 is 0.882 bits per heavy atom. The lowest BCUT2D eigenvalue weighted by atomic mass is 9.78. The minimum Gasteiger partial charge on any atom is -0.494 e. The van der Waals surface area contributed by atoms with Crippen LogP contribution in [0.15, 0.2) is 60.8 Å². The normalized spacial score (nSPS) is 14.1. The lowest BCUT2D eigenvalue weighted by molar-refractivity contribution is 0.122. The summed E-state index contributed by atoms with van der Waals surface area (Å²) in [5.74, 6) is 2.49. The highest BCUT2D eigenvalue weighted by Crippen LogP contribution is 2.33. The Labute approximate surface area is 202 Å². The first kappa shape index (κ1) is 24.0. The van der Waals surface area contributed by atoms with Crippen molar-refractivity contribution in [2.24, 2.45) is 0 Å². The highest BCUT2D eigenvalue weighted by molar-refractivity contribution is 5.42. The van der Waals surface area contributed by atoms with Crippen LogP contribution in [0.4, 0.5) is 5.95 Å². The fourth-order valence-corrected chi connectivity index (χ4v) is 3.97. The number of anilines is 1. The molecule has 0 unspecified atom stereocenters. The van der Waals surface area contributed by atoms with Crippen molar-refractivity contribution in [3.05, 3.63) is 77.6 Å². The lowest BCUT2D eigenvalue weighted by Crippen LogP contribution is -2.37. The van der Waals surface area contributed by atoms with Crippen molar-refractivity contribution in [1.29, 1.82) is 0 Å². The van der Waals surface area contributed by atoms with Gasteiger partial charge in [0.1, 0.15) is 18.1 Å². The van der Waals surface area contributed by atoms with Crippen LogP contribution in [0, 0.1) is 0 Å². The van der Waals surface area contributed by atoms with Gasteiger partial charge in [-0.1, -0.05) is 51.5 Å². The van der Waals surface area contributed by atoms with E-state index in [1.54, 1.807) is 6.20 Å². The molecule has 6 heteroatoms. The van der Waals surface area contributed by atoms with E-state index >= 15 is 0 Å². The number of morpholine rings is 1. The van der Waals surface area contributed by atoms with E-state index in [1.165, 1.54) is 11.1 Å². The number of benzene rings is 2. The molecular formula is C28H35N3O3. The third-order valence-corrected chi connectivity index (χ3v) is 6.30. The second-order valence-corrected chi connectivity index (χ2v) is 9.11. The molecule has 0 N–H and O–H groups in total. The number of hydrogen-bond donors (Lipinski definition) is 0. The van der Waals surface area contributed by atoms with Gasteiger partial charge in [-0.25, -0.2) is 9.97 Å². The number of ether oxygens (including phenoxy) is 3. The first-order chi connectivity index (χ1) is 16.6. The van der Waals surface area contributed by atoms with Crippen LogP contribution in [0.1, 0.15) is 50.4 Å². The Kier molecular flexibility index (Phi) is 8.01. The molecule has 1 aromatic heterocycles. The van der Waals surface area contributed by atoms with Gasteiger partial charge in [-0.2, -0.15) is 0 Å². The number of aromatic nitrogens is 2. The van der Waals surface area contributed by atoms with Gasteiger partial charge in [0.15, 0.2) is 0 Å². The summed E-state index contributed by atoms with van der Waals surface area (Å²) in [6.07, 6.45) is 4.01. The summed E-state index contributed by atoms with van der Waals surface area (Å²) in [4.78, 5) is 11.2. The molecule has 0 radical (unpaired) electrons. The monoisotopic (exact) mass is 461 g/mol. The van der Waals surface area contributed by atoms with Crippen molar-refractivity contribution >= 4 is 5.95 Å². The third-order valence-electron chi connectivity index (χ3n) is 6.30. The first-order valence-corrected chi connectivity index (χ1v) is 12.2. The Balaban J connectivity index is 1.36. The molecule has 0 amide bonds. The predicted molar refractivity (Wildman–Crippen MR) is 135 cm³/mol. The molecular weight excluding hydrogens is 426 g/mol. The lowest BCUT2D eigenvalue weighted by Gasteiger charge is -2.27. The minimum atomic E-state index is -0.125. The topological polar surface area (TPSA) is 56.7 Å². The summed E-state index contributed by atoms with van der Waals surface area (Å²) in [6.45, 7) is 10.9. The predicted octanol–water partition coefficient (Wildman–Crippen LogP) is 5.40. The van der Waals surface area contributed by atoms with Gasteiger partial charge in [0, 0.05) is 24.7 Å². The molecule has 0 spiro atoms. The van der Waals surface area contributed by atoms with E-state index in [0.717, 1.165) is 55.7 Å². The average Bonchev–Trinajstić information content (AvgIpc) is 2.89. The summed E-state index contributed by atoms with van der Waals surface area (Å²) >= 11 is 0. The van der Waals surface area contributed by atoms with Crippen LogP contribution in [0.3, 0.4) is 0 Å². The highest BCUT2D eigenvalue weighted by atomic mass is 16.5.